The van der Waals surface area contributed by atoms with Gasteiger partial charge in [0.05, 0.1) is 17.7 Å². The van der Waals surface area contributed by atoms with E-state index in [9.17, 15) is 8.42 Å². The predicted octanol–water partition coefficient (Wildman–Crippen LogP) is 4.07. The fourth-order valence-electron chi connectivity index (χ4n) is 2.19. The molecule has 0 aromatic heterocycles. The van der Waals surface area contributed by atoms with E-state index in [4.69, 9.17) is 16.3 Å². The van der Waals surface area contributed by atoms with Gasteiger partial charge >= 0.3 is 0 Å². The molecule has 0 saturated carbocycles. The van der Waals surface area contributed by atoms with Gasteiger partial charge < -0.3 is 4.74 Å². The lowest BCUT2D eigenvalue weighted by Gasteiger charge is -2.15. The SMILES string of the molecule is COc1ccc(S(=O)(=O)Nc2cc(Cl)ccc2C)c(C)c1C. The first-order chi connectivity index (χ1) is 10.3. The van der Waals surface area contributed by atoms with Crippen LogP contribution in [-0.4, -0.2) is 15.5 Å². The summed E-state index contributed by atoms with van der Waals surface area (Å²) in [4.78, 5) is 0.227. The van der Waals surface area contributed by atoms with Crippen molar-refractivity contribution in [1.29, 1.82) is 0 Å². The summed E-state index contributed by atoms with van der Waals surface area (Å²) in [6.45, 7) is 5.41. The first kappa shape index (κ1) is 16.6. The monoisotopic (exact) mass is 339 g/mol. The second-order valence-electron chi connectivity index (χ2n) is 5.08. The van der Waals surface area contributed by atoms with E-state index in [0.29, 0.717) is 22.0 Å². The van der Waals surface area contributed by atoms with Gasteiger partial charge in [-0.2, -0.15) is 0 Å². The second kappa shape index (κ2) is 6.18. The van der Waals surface area contributed by atoms with Crippen molar-refractivity contribution in [2.75, 3.05) is 11.8 Å². The molecule has 0 fully saturated rings. The Morgan fingerprint density at radius 3 is 2.36 bits per heavy atom. The minimum Gasteiger partial charge on any atom is -0.496 e. The molecule has 0 heterocycles. The Labute approximate surface area is 136 Å². The van der Waals surface area contributed by atoms with Crippen LogP contribution in [0.25, 0.3) is 0 Å². The number of hydrogen-bond acceptors (Lipinski definition) is 3. The number of methoxy groups -OCH3 is 1. The second-order valence-corrected chi connectivity index (χ2v) is 7.17. The quantitative estimate of drug-likeness (QED) is 0.913. The van der Waals surface area contributed by atoms with Gasteiger partial charge in [0.2, 0.25) is 0 Å². The lowest BCUT2D eigenvalue weighted by molar-refractivity contribution is 0.411. The van der Waals surface area contributed by atoms with E-state index in [-0.39, 0.29) is 4.90 Å². The summed E-state index contributed by atoms with van der Waals surface area (Å²) >= 11 is 5.94. The van der Waals surface area contributed by atoms with Gasteiger partial charge in [-0.25, -0.2) is 8.42 Å². The summed E-state index contributed by atoms with van der Waals surface area (Å²) in [5.74, 6) is 0.662. The summed E-state index contributed by atoms with van der Waals surface area (Å²) in [5.41, 5.74) is 2.73. The van der Waals surface area contributed by atoms with Gasteiger partial charge in [-0.05, 0) is 61.7 Å². The topological polar surface area (TPSA) is 55.4 Å². The Bertz CT molecular complexity index is 816. The molecule has 0 atom stereocenters. The number of nitrogens with one attached hydrogen (secondary N) is 1. The summed E-state index contributed by atoms with van der Waals surface area (Å²) in [5, 5.41) is 0.478. The third-order valence-corrected chi connectivity index (χ3v) is 5.39. The Balaban J connectivity index is 2.47. The number of sulfonamides is 1. The van der Waals surface area contributed by atoms with Gasteiger partial charge in [-0.3, -0.25) is 4.72 Å². The molecule has 22 heavy (non-hydrogen) atoms. The van der Waals surface area contributed by atoms with E-state index in [1.54, 1.807) is 44.4 Å². The average molecular weight is 340 g/mol. The Morgan fingerprint density at radius 2 is 1.73 bits per heavy atom. The molecule has 118 valence electrons. The normalized spacial score (nSPS) is 11.3. The van der Waals surface area contributed by atoms with Crippen LogP contribution in [0.2, 0.25) is 5.02 Å². The molecule has 0 bridgehead atoms. The van der Waals surface area contributed by atoms with Crippen molar-refractivity contribution in [3.8, 4) is 5.75 Å². The van der Waals surface area contributed by atoms with E-state index >= 15 is 0 Å². The lowest BCUT2D eigenvalue weighted by Crippen LogP contribution is -2.15. The van der Waals surface area contributed by atoms with Crippen LogP contribution >= 0.6 is 11.6 Å². The maximum Gasteiger partial charge on any atom is 0.262 e. The van der Waals surface area contributed by atoms with Crippen molar-refractivity contribution >= 4 is 27.3 Å². The molecule has 2 rings (SSSR count). The van der Waals surface area contributed by atoms with Gasteiger partial charge in [0.1, 0.15) is 5.75 Å². The highest BCUT2D eigenvalue weighted by Gasteiger charge is 2.20. The molecule has 0 unspecified atom stereocenters. The zero-order valence-electron chi connectivity index (χ0n) is 12.9. The molecular formula is C16H18ClNO3S. The average Bonchev–Trinajstić information content (AvgIpc) is 2.45. The minimum absolute atomic E-state index is 0.227. The summed E-state index contributed by atoms with van der Waals surface area (Å²) < 4.78 is 33.1. The number of halogens is 1. The summed E-state index contributed by atoms with van der Waals surface area (Å²) in [6, 6.07) is 8.29. The van der Waals surface area contributed by atoms with E-state index < -0.39 is 10.0 Å². The standard InChI is InChI=1S/C16H18ClNO3S/c1-10-5-6-13(17)9-14(10)18-22(19,20)16-8-7-15(21-4)11(2)12(16)3/h5-9,18H,1-4H3. The van der Waals surface area contributed by atoms with Crippen molar-refractivity contribution < 1.29 is 13.2 Å². The molecule has 1 N–H and O–H groups in total. The number of anilines is 1. The molecule has 0 aliphatic rings. The summed E-state index contributed by atoms with van der Waals surface area (Å²) in [7, 11) is -2.14. The zero-order valence-corrected chi connectivity index (χ0v) is 14.5. The van der Waals surface area contributed by atoms with E-state index in [1.165, 1.54) is 0 Å². The predicted molar refractivity (Wildman–Crippen MR) is 89.5 cm³/mol. The first-order valence-corrected chi connectivity index (χ1v) is 8.55. The highest BCUT2D eigenvalue weighted by Crippen LogP contribution is 2.29. The fraction of sp³-hybridized carbons (Fsp3) is 0.250. The number of benzene rings is 2. The van der Waals surface area contributed by atoms with Crippen LogP contribution in [-0.2, 0) is 10.0 Å². The first-order valence-electron chi connectivity index (χ1n) is 6.69. The number of rotatable bonds is 4. The van der Waals surface area contributed by atoms with Crippen LogP contribution in [0.5, 0.6) is 5.75 Å². The minimum atomic E-state index is -3.69. The maximum absolute atomic E-state index is 12.6. The van der Waals surface area contributed by atoms with Crippen LogP contribution in [0.3, 0.4) is 0 Å². The van der Waals surface area contributed by atoms with E-state index in [0.717, 1.165) is 11.1 Å². The van der Waals surface area contributed by atoms with Gasteiger partial charge in [-0.15, -0.1) is 0 Å². The Hall–Kier alpha value is -1.72. The molecule has 0 aliphatic heterocycles. The number of aryl methyl sites for hydroxylation is 1. The molecule has 0 aliphatic carbocycles. The van der Waals surface area contributed by atoms with Crippen molar-refractivity contribution in [3.05, 3.63) is 52.0 Å². The van der Waals surface area contributed by atoms with Crippen LogP contribution in [0, 0.1) is 20.8 Å². The zero-order chi connectivity index (χ0) is 16.5. The van der Waals surface area contributed by atoms with E-state index in [2.05, 4.69) is 4.72 Å². The summed E-state index contributed by atoms with van der Waals surface area (Å²) in [6.07, 6.45) is 0. The highest BCUT2D eigenvalue weighted by atomic mass is 35.5. The van der Waals surface area contributed by atoms with Gasteiger partial charge in [-0.1, -0.05) is 17.7 Å². The molecule has 0 radical (unpaired) electrons. The lowest BCUT2D eigenvalue weighted by atomic mass is 10.1. The molecule has 2 aromatic rings. The van der Waals surface area contributed by atoms with Gasteiger partial charge in [0, 0.05) is 5.02 Å². The third-order valence-electron chi connectivity index (χ3n) is 3.64. The highest BCUT2D eigenvalue weighted by molar-refractivity contribution is 7.92. The van der Waals surface area contributed by atoms with Crippen LogP contribution in [0.1, 0.15) is 16.7 Å². The largest absolute Gasteiger partial charge is 0.496 e. The Kier molecular flexibility index (Phi) is 4.68. The molecular weight excluding hydrogens is 322 g/mol. The van der Waals surface area contributed by atoms with E-state index in [1.807, 2.05) is 13.8 Å². The van der Waals surface area contributed by atoms with Crippen molar-refractivity contribution in [1.82, 2.24) is 0 Å². The van der Waals surface area contributed by atoms with Crippen LogP contribution in [0.4, 0.5) is 5.69 Å². The van der Waals surface area contributed by atoms with Gasteiger partial charge in [0.15, 0.2) is 0 Å². The van der Waals surface area contributed by atoms with Crippen LogP contribution in [0.15, 0.2) is 35.2 Å². The van der Waals surface area contributed by atoms with Gasteiger partial charge in [0.25, 0.3) is 10.0 Å². The molecule has 0 amide bonds. The molecule has 0 saturated heterocycles. The van der Waals surface area contributed by atoms with Crippen molar-refractivity contribution in [2.45, 2.75) is 25.7 Å². The third kappa shape index (κ3) is 3.20. The van der Waals surface area contributed by atoms with Crippen molar-refractivity contribution in [2.24, 2.45) is 0 Å². The van der Waals surface area contributed by atoms with Crippen molar-refractivity contribution in [3.63, 3.8) is 0 Å². The fourth-order valence-corrected chi connectivity index (χ4v) is 3.78. The van der Waals surface area contributed by atoms with Crippen LogP contribution < -0.4 is 9.46 Å². The molecule has 6 heteroatoms. The maximum atomic E-state index is 12.6. The Morgan fingerprint density at radius 1 is 1.05 bits per heavy atom. The number of hydrogen-bond donors (Lipinski definition) is 1. The molecule has 4 nitrogen and oxygen atoms in total. The molecule has 2 aromatic carbocycles. The molecule has 0 spiro atoms. The number of ether oxygens (including phenoxy) is 1. The smallest absolute Gasteiger partial charge is 0.262 e.